The van der Waals surface area contributed by atoms with E-state index in [2.05, 4.69) is 16.0 Å². The minimum Gasteiger partial charge on any atom is -0.396 e. The smallest absolute Gasteiger partial charge is 0.319 e. The number of hydrogen-bond acceptors (Lipinski definition) is 3. The summed E-state index contributed by atoms with van der Waals surface area (Å²) in [6, 6.07) is 6.50. The molecule has 0 unspecified atom stereocenters. The third kappa shape index (κ3) is 5.31. The minimum atomic E-state index is -0.344. The zero-order valence-electron chi connectivity index (χ0n) is 10.2. The number of rotatable bonds is 5. The number of amides is 3. The van der Waals surface area contributed by atoms with Crippen LogP contribution in [-0.2, 0) is 4.79 Å². The van der Waals surface area contributed by atoms with E-state index in [0.29, 0.717) is 24.3 Å². The van der Waals surface area contributed by atoms with Gasteiger partial charge in [0, 0.05) is 31.5 Å². The van der Waals surface area contributed by atoms with Gasteiger partial charge < -0.3 is 21.1 Å². The normalized spacial score (nSPS) is 9.67. The van der Waals surface area contributed by atoms with E-state index < -0.39 is 0 Å². The molecule has 0 aliphatic rings. The Morgan fingerprint density at radius 3 is 2.50 bits per heavy atom. The molecule has 0 bridgehead atoms. The third-order valence-electron chi connectivity index (χ3n) is 2.06. The lowest BCUT2D eigenvalue weighted by Crippen LogP contribution is -2.29. The molecule has 0 radical (unpaired) electrons. The van der Waals surface area contributed by atoms with Gasteiger partial charge in [-0.2, -0.15) is 0 Å². The van der Waals surface area contributed by atoms with Crippen LogP contribution in [0.15, 0.2) is 24.3 Å². The van der Waals surface area contributed by atoms with Gasteiger partial charge in [-0.05, 0) is 24.6 Å². The molecular formula is C12H17N3O3. The van der Waals surface area contributed by atoms with Crippen molar-refractivity contribution in [3.63, 3.8) is 0 Å². The number of anilines is 2. The summed E-state index contributed by atoms with van der Waals surface area (Å²) in [7, 11) is 0. The van der Waals surface area contributed by atoms with Gasteiger partial charge in [-0.15, -0.1) is 0 Å². The predicted octanol–water partition coefficient (Wildman–Crippen LogP) is 1.15. The van der Waals surface area contributed by atoms with E-state index in [-0.39, 0.29) is 18.5 Å². The van der Waals surface area contributed by atoms with Crippen LogP contribution in [0, 0.1) is 0 Å². The van der Waals surface area contributed by atoms with Crippen molar-refractivity contribution in [3.05, 3.63) is 24.3 Å². The monoisotopic (exact) mass is 251 g/mol. The highest BCUT2D eigenvalue weighted by atomic mass is 16.3. The van der Waals surface area contributed by atoms with E-state index in [1.165, 1.54) is 6.92 Å². The van der Waals surface area contributed by atoms with Crippen molar-refractivity contribution in [2.24, 2.45) is 0 Å². The molecule has 6 nitrogen and oxygen atoms in total. The maximum Gasteiger partial charge on any atom is 0.319 e. The first-order valence-corrected chi connectivity index (χ1v) is 5.65. The van der Waals surface area contributed by atoms with Crippen LogP contribution in [0.25, 0.3) is 0 Å². The highest BCUT2D eigenvalue weighted by molar-refractivity contribution is 5.92. The van der Waals surface area contributed by atoms with E-state index in [1.807, 2.05) is 0 Å². The topological polar surface area (TPSA) is 90.5 Å². The van der Waals surface area contributed by atoms with Gasteiger partial charge in [0.05, 0.1) is 0 Å². The third-order valence-corrected chi connectivity index (χ3v) is 2.06. The summed E-state index contributed by atoms with van der Waals surface area (Å²) in [5.41, 5.74) is 1.21. The van der Waals surface area contributed by atoms with Gasteiger partial charge in [0.1, 0.15) is 0 Å². The molecule has 98 valence electrons. The molecule has 0 fully saturated rings. The quantitative estimate of drug-likeness (QED) is 0.592. The summed E-state index contributed by atoms with van der Waals surface area (Å²) in [4.78, 5) is 22.3. The van der Waals surface area contributed by atoms with Crippen LogP contribution < -0.4 is 16.0 Å². The Morgan fingerprint density at radius 1 is 1.22 bits per heavy atom. The average molecular weight is 251 g/mol. The molecule has 4 N–H and O–H groups in total. The second-order valence-corrected chi connectivity index (χ2v) is 3.72. The van der Waals surface area contributed by atoms with Crippen molar-refractivity contribution in [2.75, 3.05) is 23.8 Å². The molecule has 0 aliphatic carbocycles. The number of benzene rings is 1. The van der Waals surface area contributed by atoms with Gasteiger partial charge in [-0.25, -0.2) is 4.79 Å². The molecule has 0 atom stereocenters. The summed E-state index contributed by atoms with van der Waals surface area (Å²) in [6.45, 7) is 1.87. The van der Waals surface area contributed by atoms with Crippen LogP contribution >= 0.6 is 0 Å². The highest BCUT2D eigenvalue weighted by Crippen LogP contribution is 2.14. The van der Waals surface area contributed by atoms with Crippen LogP contribution in [-0.4, -0.2) is 30.2 Å². The fraction of sp³-hybridized carbons (Fsp3) is 0.333. The Balaban J connectivity index is 2.51. The van der Waals surface area contributed by atoms with Gasteiger partial charge in [0.2, 0.25) is 5.91 Å². The summed E-state index contributed by atoms with van der Waals surface area (Å²) in [6.07, 6.45) is 0.513. The molecule has 0 saturated carbocycles. The molecule has 6 heteroatoms. The van der Waals surface area contributed by atoms with Crippen LogP contribution in [0.4, 0.5) is 16.2 Å². The molecule has 1 rings (SSSR count). The maximum atomic E-state index is 11.4. The molecular weight excluding hydrogens is 234 g/mol. The van der Waals surface area contributed by atoms with E-state index in [1.54, 1.807) is 24.3 Å². The first kappa shape index (κ1) is 14.0. The SMILES string of the molecule is CC(=O)Nc1cccc(NC(=O)NCCCO)c1. The predicted molar refractivity (Wildman–Crippen MR) is 69.5 cm³/mol. The molecule has 1 aromatic rings. The van der Waals surface area contributed by atoms with E-state index in [9.17, 15) is 9.59 Å². The van der Waals surface area contributed by atoms with Gasteiger partial charge in [0.25, 0.3) is 0 Å². The first-order chi connectivity index (χ1) is 8.61. The lowest BCUT2D eigenvalue weighted by molar-refractivity contribution is -0.114. The Kier molecular flexibility index (Phi) is 5.66. The van der Waals surface area contributed by atoms with Gasteiger partial charge in [-0.3, -0.25) is 4.79 Å². The molecule has 3 amide bonds. The number of carbonyl (C=O) groups is 2. The molecule has 0 saturated heterocycles. The minimum absolute atomic E-state index is 0.0400. The fourth-order valence-corrected chi connectivity index (χ4v) is 1.33. The van der Waals surface area contributed by atoms with Crippen molar-refractivity contribution in [1.82, 2.24) is 5.32 Å². The van der Waals surface area contributed by atoms with E-state index in [0.717, 1.165) is 0 Å². The molecule has 0 heterocycles. The number of carbonyl (C=O) groups excluding carboxylic acids is 2. The van der Waals surface area contributed by atoms with Gasteiger partial charge in [-0.1, -0.05) is 6.07 Å². The van der Waals surface area contributed by atoms with Crippen molar-refractivity contribution in [3.8, 4) is 0 Å². The molecule has 1 aromatic carbocycles. The second kappa shape index (κ2) is 7.29. The van der Waals surface area contributed by atoms with Crippen molar-refractivity contribution >= 4 is 23.3 Å². The van der Waals surface area contributed by atoms with Crippen LogP contribution in [0.2, 0.25) is 0 Å². The number of nitrogens with one attached hydrogen (secondary N) is 3. The van der Waals surface area contributed by atoms with Crippen LogP contribution in [0.3, 0.4) is 0 Å². The highest BCUT2D eigenvalue weighted by Gasteiger charge is 2.02. The summed E-state index contributed by atoms with van der Waals surface area (Å²) in [5, 5.41) is 16.4. The lowest BCUT2D eigenvalue weighted by atomic mass is 10.2. The van der Waals surface area contributed by atoms with E-state index in [4.69, 9.17) is 5.11 Å². The molecule has 0 aliphatic heterocycles. The Hall–Kier alpha value is -2.08. The Bertz CT molecular complexity index is 421. The zero-order valence-corrected chi connectivity index (χ0v) is 10.2. The van der Waals surface area contributed by atoms with Gasteiger partial charge >= 0.3 is 6.03 Å². The number of aliphatic hydroxyl groups is 1. The summed E-state index contributed by atoms with van der Waals surface area (Å²) >= 11 is 0. The standard InChI is InChI=1S/C12H17N3O3/c1-9(17)14-10-4-2-5-11(8-10)15-12(18)13-6-3-7-16/h2,4-5,8,16H,3,6-7H2,1H3,(H,14,17)(H2,13,15,18). The number of urea groups is 1. The first-order valence-electron chi connectivity index (χ1n) is 5.65. The van der Waals surface area contributed by atoms with Crippen molar-refractivity contribution in [2.45, 2.75) is 13.3 Å². The number of hydrogen-bond donors (Lipinski definition) is 4. The largest absolute Gasteiger partial charge is 0.396 e. The van der Waals surface area contributed by atoms with Crippen molar-refractivity contribution in [1.29, 1.82) is 0 Å². The molecule has 0 spiro atoms. The van der Waals surface area contributed by atoms with Crippen LogP contribution in [0.5, 0.6) is 0 Å². The van der Waals surface area contributed by atoms with Gasteiger partial charge in [0.15, 0.2) is 0 Å². The zero-order chi connectivity index (χ0) is 13.4. The molecule has 0 aromatic heterocycles. The lowest BCUT2D eigenvalue weighted by Gasteiger charge is -2.08. The van der Waals surface area contributed by atoms with E-state index >= 15 is 0 Å². The van der Waals surface area contributed by atoms with Crippen LogP contribution in [0.1, 0.15) is 13.3 Å². The fourth-order valence-electron chi connectivity index (χ4n) is 1.33. The average Bonchev–Trinajstić information content (AvgIpc) is 2.28. The second-order valence-electron chi connectivity index (χ2n) is 3.72. The summed E-state index contributed by atoms with van der Waals surface area (Å²) < 4.78 is 0. The summed E-state index contributed by atoms with van der Waals surface area (Å²) in [5.74, 6) is -0.167. The molecule has 18 heavy (non-hydrogen) atoms. The maximum absolute atomic E-state index is 11.4. The van der Waals surface area contributed by atoms with Crippen molar-refractivity contribution < 1.29 is 14.7 Å². The Morgan fingerprint density at radius 2 is 1.89 bits per heavy atom. The number of aliphatic hydroxyl groups excluding tert-OH is 1. The Labute approximate surface area is 105 Å².